The molecule has 29 heavy (non-hydrogen) atoms. The highest BCUT2D eigenvalue weighted by Gasteiger charge is 2.31. The van der Waals surface area contributed by atoms with Gasteiger partial charge in [-0.25, -0.2) is 4.79 Å². The molecular formula is C18H34N4O6S. The summed E-state index contributed by atoms with van der Waals surface area (Å²) in [5, 5.41) is 26.1. The zero-order valence-corrected chi connectivity index (χ0v) is 18.2. The number of amides is 3. The van der Waals surface area contributed by atoms with Crippen LogP contribution in [0.3, 0.4) is 0 Å². The van der Waals surface area contributed by atoms with Crippen LogP contribution >= 0.6 is 12.6 Å². The Morgan fingerprint density at radius 1 is 0.966 bits per heavy atom. The molecule has 0 fully saturated rings. The molecule has 0 aromatic carbocycles. The van der Waals surface area contributed by atoms with E-state index in [4.69, 9.17) is 5.73 Å². The Kier molecular flexibility index (Phi) is 12.5. The van der Waals surface area contributed by atoms with Gasteiger partial charge in [0.1, 0.15) is 18.1 Å². The average molecular weight is 435 g/mol. The standard InChI is InChI=1S/C18H34N4O6S/c1-5-10(4)14(18(27)28)22-16(25)12(6-9(2)3)20-17(26)13(7-23)21-15(24)11(19)8-29/h9-14,23,29H,5-8,19H2,1-4H3,(H,20,26)(H,21,24)(H,22,25)(H,27,28). The molecule has 0 aliphatic heterocycles. The molecule has 0 aromatic heterocycles. The minimum absolute atomic E-state index is 0.0118. The third-order valence-corrected chi connectivity index (χ3v) is 4.86. The third kappa shape index (κ3) is 9.46. The highest BCUT2D eigenvalue weighted by atomic mass is 32.1. The molecular weight excluding hydrogens is 400 g/mol. The Labute approximate surface area is 176 Å². The molecule has 0 rings (SSSR count). The largest absolute Gasteiger partial charge is 0.480 e. The van der Waals surface area contributed by atoms with Crippen LogP contribution < -0.4 is 21.7 Å². The fourth-order valence-corrected chi connectivity index (χ4v) is 2.63. The summed E-state index contributed by atoms with van der Waals surface area (Å²) in [7, 11) is 0. The molecule has 168 valence electrons. The second-order valence-corrected chi connectivity index (χ2v) is 7.80. The second kappa shape index (κ2) is 13.4. The zero-order valence-electron chi connectivity index (χ0n) is 17.3. The molecule has 0 aromatic rings. The molecule has 0 saturated heterocycles. The highest BCUT2D eigenvalue weighted by Crippen LogP contribution is 2.11. The predicted octanol–water partition coefficient (Wildman–Crippen LogP) is -1.13. The number of carboxylic acids is 1. The van der Waals surface area contributed by atoms with Crippen LogP contribution in [0.25, 0.3) is 0 Å². The van der Waals surface area contributed by atoms with Gasteiger partial charge >= 0.3 is 5.97 Å². The number of thiol groups is 1. The molecule has 7 N–H and O–H groups in total. The Hall–Kier alpha value is -1.85. The van der Waals surface area contributed by atoms with Gasteiger partial charge in [0.2, 0.25) is 17.7 Å². The normalized spacial score (nSPS) is 16.3. The Balaban J connectivity index is 5.30. The van der Waals surface area contributed by atoms with Gasteiger partial charge in [0.05, 0.1) is 12.6 Å². The number of carboxylic acid groups (broad SMARTS) is 1. The summed E-state index contributed by atoms with van der Waals surface area (Å²) in [4.78, 5) is 48.5. The molecule has 0 bridgehead atoms. The molecule has 0 heterocycles. The van der Waals surface area contributed by atoms with Gasteiger partial charge < -0.3 is 31.9 Å². The van der Waals surface area contributed by atoms with Crippen LogP contribution in [-0.2, 0) is 19.2 Å². The topological polar surface area (TPSA) is 171 Å². The van der Waals surface area contributed by atoms with Crippen molar-refractivity contribution in [2.75, 3.05) is 12.4 Å². The lowest BCUT2D eigenvalue weighted by Crippen LogP contribution is -2.58. The first-order valence-electron chi connectivity index (χ1n) is 9.59. The van der Waals surface area contributed by atoms with E-state index in [2.05, 4.69) is 28.6 Å². The lowest BCUT2D eigenvalue weighted by Gasteiger charge is -2.26. The lowest BCUT2D eigenvalue weighted by molar-refractivity contribution is -0.144. The van der Waals surface area contributed by atoms with Gasteiger partial charge in [-0.2, -0.15) is 12.6 Å². The van der Waals surface area contributed by atoms with Crippen molar-refractivity contribution >= 4 is 36.3 Å². The van der Waals surface area contributed by atoms with Gasteiger partial charge in [0.25, 0.3) is 0 Å². The van der Waals surface area contributed by atoms with Gasteiger partial charge in [-0.3, -0.25) is 14.4 Å². The number of aliphatic hydroxyl groups excluding tert-OH is 1. The number of hydrogen-bond donors (Lipinski definition) is 7. The Morgan fingerprint density at radius 2 is 1.48 bits per heavy atom. The van der Waals surface area contributed by atoms with E-state index in [9.17, 15) is 29.4 Å². The highest BCUT2D eigenvalue weighted by molar-refractivity contribution is 7.80. The fraction of sp³-hybridized carbons (Fsp3) is 0.778. The first kappa shape index (κ1) is 27.1. The monoisotopic (exact) mass is 434 g/mol. The molecule has 10 nitrogen and oxygen atoms in total. The molecule has 11 heteroatoms. The number of rotatable bonds is 13. The van der Waals surface area contributed by atoms with Gasteiger partial charge in [-0.15, -0.1) is 0 Å². The van der Waals surface area contributed by atoms with E-state index in [-0.39, 0.29) is 24.0 Å². The van der Waals surface area contributed by atoms with E-state index in [1.54, 1.807) is 6.92 Å². The van der Waals surface area contributed by atoms with E-state index in [1.807, 2.05) is 20.8 Å². The van der Waals surface area contributed by atoms with Crippen LogP contribution in [0.4, 0.5) is 0 Å². The van der Waals surface area contributed by atoms with Gasteiger partial charge in [-0.05, 0) is 18.3 Å². The molecule has 0 saturated carbocycles. The van der Waals surface area contributed by atoms with Crippen LogP contribution in [0.5, 0.6) is 0 Å². The number of nitrogens with two attached hydrogens (primary N) is 1. The fourth-order valence-electron chi connectivity index (χ4n) is 2.47. The first-order valence-corrected chi connectivity index (χ1v) is 10.2. The van der Waals surface area contributed by atoms with Crippen molar-refractivity contribution in [2.45, 2.75) is 64.7 Å². The van der Waals surface area contributed by atoms with Crippen molar-refractivity contribution in [1.82, 2.24) is 16.0 Å². The molecule has 5 unspecified atom stereocenters. The Bertz CT molecular complexity index is 575. The quantitative estimate of drug-likeness (QED) is 0.180. The third-order valence-electron chi connectivity index (χ3n) is 4.47. The number of aliphatic hydroxyl groups is 1. The van der Waals surface area contributed by atoms with Crippen molar-refractivity contribution in [1.29, 1.82) is 0 Å². The molecule has 0 spiro atoms. The first-order chi connectivity index (χ1) is 13.5. The summed E-state index contributed by atoms with van der Waals surface area (Å²) in [6, 6.07) is -4.39. The minimum Gasteiger partial charge on any atom is -0.480 e. The second-order valence-electron chi connectivity index (χ2n) is 7.43. The summed E-state index contributed by atoms with van der Waals surface area (Å²) < 4.78 is 0. The summed E-state index contributed by atoms with van der Waals surface area (Å²) in [5.41, 5.74) is 5.54. The maximum Gasteiger partial charge on any atom is 0.326 e. The van der Waals surface area contributed by atoms with Crippen molar-refractivity contribution in [3.63, 3.8) is 0 Å². The van der Waals surface area contributed by atoms with Crippen molar-refractivity contribution in [2.24, 2.45) is 17.6 Å². The van der Waals surface area contributed by atoms with Gasteiger partial charge in [0, 0.05) is 5.75 Å². The number of aliphatic carboxylic acids is 1. The van der Waals surface area contributed by atoms with E-state index in [1.165, 1.54) is 0 Å². The smallest absolute Gasteiger partial charge is 0.326 e. The molecule has 0 aliphatic rings. The van der Waals surface area contributed by atoms with Gasteiger partial charge in [0.15, 0.2) is 0 Å². The lowest BCUT2D eigenvalue weighted by atomic mass is 9.97. The average Bonchev–Trinajstić information content (AvgIpc) is 2.66. The molecule has 3 amide bonds. The number of nitrogens with one attached hydrogen (secondary N) is 3. The minimum atomic E-state index is -1.30. The SMILES string of the molecule is CCC(C)C(NC(=O)C(CC(C)C)NC(=O)C(CO)NC(=O)C(N)CS)C(=O)O. The van der Waals surface area contributed by atoms with Crippen molar-refractivity contribution in [3.05, 3.63) is 0 Å². The molecule has 0 radical (unpaired) electrons. The summed E-state index contributed by atoms with van der Waals surface area (Å²) in [6.07, 6.45) is 0.787. The van der Waals surface area contributed by atoms with Crippen molar-refractivity contribution < 1.29 is 29.4 Å². The van der Waals surface area contributed by atoms with E-state index < -0.39 is 54.5 Å². The van der Waals surface area contributed by atoms with E-state index in [0.29, 0.717) is 6.42 Å². The van der Waals surface area contributed by atoms with Crippen molar-refractivity contribution in [3.8, 4) is 0 Å². The van der Waals surface area contributed by atoms with E-state index >= 15 is 0 Å². The number of carbonyl (C=O) groups excluding carboxylic acids is 3. The summed E-state index contributed by atoms with van der Waals surface area (Å²) in [5.74, 6) is -3.49. The van der Waals surface area contributed by atoms with Crippen LogP contribution in [0.2, 0.25) is 0 Å². The maximum absolute atomic E-state index is 12.7. The molecule has 0 aliphatic carbocycles. The number of hydrogen-bond acceptors (Lipinski definition) is 7. The summed E-state index contributed by atoms with van der Waals surface area (Å²) >= 11 is 3.90. The van der Waals surface area contributed by atoms with Crippen LogP contribution in [0.1, 0.15) is 40.5 Å². The van der Waals surface area contributed by atoms with E-state index in [0.717, 1.165) is 0 Å². The maximum atomic E-state index is 12.7. The van der Waals surface area contributed by atoms with Crippen LogP contribution in [-0.4, -0.2) is 70.4 Å². The predicted molar refractivity (Wildman–Crippen MR) is 111 cm³/mol. The number of carbonyl (C=O) groups is 4. The summed E-state index contributed by atoms with van der Waals surface area (Å²) in [6.45, 7) is 6.50. The van der Waals surface area contributed by atoms with Crippen LogP contribution in [0.15, 0.2) is 0 Å². The molecule has 5 atom stereocenters. The van der Waals surface area contributed by atoms with Gasteiger partial charge in [-0.1, -0.05) is 34.1 Å². The van der Waals surface area contributed by atoms with Crippen LogP contribution in [0, 0.1) is 11.8 Å². The zero-order chi connectivity index (χ0) is 22.7. The Morgan fingerprint density at radius 3 is 1.90 bits per heavy atom.